The molecule has 2 N–H and O–H groups in total. The van der Waals surface area contributed by atoms with Crippen LogP contribution >= 0.6 is 0 Å². The molecule has 0 bridgehead atoms. The molecule has 0 aromatic carbocycles. The molecule has 0 aliphatic carbocycles. The Hall–Kier alpha value is -1.36. The van der Waals surface area contributed by atoms with Crippen molar-refractivity contribution in [3.05, 3.63) is 12.4 Å². The second-order valence-electron chi connectivity index (χ2n) is 3.77. The molecule has 1 aromatic heterocycles. The third-order valence-corrected chi connectivity index (χ3v) is 2.62. The van der Waals surface area contributed by atoms with Gasteiger partial charge in [0.15, 0.2) is 0 Å². The Morgan fingerprint density at radius 1 is 1.53 bits per heavy atom. The van der Waals surface area contributed by atoms with E-state index < -0.39 is 0 Å². The van der Waals surface area contributed by atoms with Crippen molar-refractivity contribution in [2.45, 2.75) is 18.9 Å². The highest BCUT2D eigenvalue weighted by atomic mass is 16.5. The zero-order valence-corrected chi connectivity index (χ0v) is 8.89. The van der Waals surface area contributed by atoms with E-state index in [1.165, 1.54) is 6.33 Å². The summed E-state index contributed by atoms with van der Waals surface area (Å²) in [5, 5.41) is 0. The molecule has 15 heavy (non-hydrogen) atoms. The Labute approximate surface area is 89.3 Å². The van der Waals surface area contributed by atoms with Gasteiger partial charge in [-0.2, -0.15) is 0 Å². The van der Waals surface area contributed by atoms with Crippen molar-refractivity contribution in [1.82, 2.24) is 9.97 Å². The molecular formula is C10H16N4O. The fraction of sp³-hybridized carbons (Fsp3) is 0.600. The number of rotatable bonds is 2. The van der Waals surface area contributed by atoms with E-state index in [0.29, 0.717) is 5.88 Å². The number of aromatic nitrogens is 2. The maximum absolute atomic E-state index is 5.92. The molecule has 0 unspecified atom stereocenters. The van der Waals surface area contributed by atoms with Crippen LogP contribution in [0, 0.1) is 0 Å². The zero-order valence-electron chi connectivity index (χ0n) is 8.89. The van der Waals surface area contributed by atoms with Gasteiger partial charge in [0.25, 0.3) is 0 Å². The minimum absolute atomic E-state index is 0.250. The van der Waals surface area contributed by atoms with E-state index in [1.807, 2.05) is 6.07 Å². The van der Waals surface area contributed by atoms with Crippen LogP contribution in [0.15, 0.2) is 12.4 Å². The number of anilines is 1. The normalized spacial score (nSPS) is 21.5. The lowest BCUT2D eigenvalue weighted by atomic mass is 10.1. The molecule has 2 rings (SSSR count). The molecule has 0 saturated carbocycles. The summed E-state index contributed by atoms with van der Waals surface area (Å²) < 4.78 is 5.06. The van der Waals surface area contributed by atoms with Gasteiger partial charge in [-0.15, -0.1) is 0 Å². The van der Waals surface area contributed by atoms with Gasteiger partial charge in [0.1, 0.15) is 12.1 Å². The summed E-state index contributed by atoms with van der Waals surface area (Å²) in [5.74, 6) is 1.50. The van der Waals surface area contributed by atoms with Gasteiger partial charge in [-0.3, -0.25) is 0 Å². The number of piperidine rings is 1. The number of ether oxygens (including phenoxy) is 1. The molecule has 82 valence electrons. The number of hydrogen-bond acceptors (Lipinski definition) is 5. The topological polar surface area (TPSA) is 64.3 Å². The van der Waals surface area contributed by atoms with Crippen LogP contribution in [0.1, 0.15) is 12.8 Å². The smallest absolute Gasteiger partial charge is 0.218 e. The van der Waals surface area contributed by atoms with Crippen LogP contribution in [-0.4, -0.2) is 36.2 Å². The quantitative estimate of drug-likeness (QED) is 0.762. The molecular weight excluding hydrogens is 192 g/mol. The van der Waals surface area contributed by atoms with E-state index in [9.17, 15) is 0 Å². The average molecular weight is 208 g/mol. The minimum Gasteiger partial charge on any atom is -0.481 e. The van der Waals surface area contributed by atoms with E-state index in [1.54, 1.807) is 7.11 Å². The van der Waals surface area contributed by atoms with Crippen LogP contribution in [0.4, 0.5) is 5.82 Å². The lowest BCUT2D eigenvalue weighted by Crippen LogP contribution is -2.43. The Kier molecular flexibility index (Phi) is 3.01. The minimum atomic E-state index is 0.250. The summed E-state index contributed by atoms with van der Waals surface area (Å²) in [7, 11) is 1.61. The number of methoxy groups -OCH3 is 1. The molecule has 2 heterocycles. The summed E-state index contributed by atoms with van der Waals surface area (Å²) in [6.07, 6.45) is 3.74. The van der Waals surface area contributed by atoms with Crippen LogP contribution in [0.3, 0.4) is 0 Å². The molecule has 0 radical (unpaired) electrons. The second-order valence-corrected chi connectivity index (χ2v) is 3.77. The van der Waals surface area contributed by atoms with Crippen LogP contribution in [0.5, 0.6) is 5.88 Å². The average Bonchev–Trinajstić information content (AvgIpc) is 2.29. The van der Waals surface area contributed by atoms with Gasteiger partial charge in [0.05, 0.1) is 7.11 Å². The summed E-state index contributed by atoms with van der Waals surface area (Å²) in [4.78, 5) is 10.4. The summed E-state index contributed by atoms with van der Waals surface area (Å²) in [6.45, 7) is 1.87. The Morgan fingerprint density at radius 3 is 3.13 bits per heavy atom. The van der Waals surface area contributed by atoms with Gasteiger partial charge in [0.2, 0.25) is 5.88 Å². The van der Waals surface area contributed by atoms with Gasteiger partial charge in [-0.05, 0) is 12.8 Å². The van der Waals surface area contributed by atoms with Crippen LogP contribution in [0.25, 0.3) is 0 Å². The molecule has 5 heteroatoms. The highest BCUT2D eigenvalue weighted by Crippen LogP contribution is 2.19. The third kappa shape index (κ3) is 2.36. The molecule has 1 aliphatic rings. The molecule has 1 fully saturated rings. The zero-order chi connectivity index (χ0) is 10.7. The van der Waals surface area contributed by atoms with Gasteiger partial charge in [-0.25, -0.2) is 9.97 Å². The van der Waals surface area contributed by atoms with Crippen molar-refractivity contribution in [2.24, 2.45) is 5.73 Å². The molecule has 5 nitrogen and oxygen atoms in total. The highest BCUT2D eigenvalue weighted by molar-refractivity contribution is 5.41. The van der Waals surface area contributed by atoms with Crippen LogP contribution in [-0.2, 0) is 0 Å². The van der Waals surface area contributed by atoms with Crippen LogP contribution < -0.4 is 15.4 Å². The monoisotopic (exact) mass is 208 g/mol. The fourth-order valence-electron chi connectivity index (χ4n) is 1.83. The lowest BCUT2D eigenvalue weighted by Gasteiger charge is -2.31. The Balaban J connectivity index is 2.13. The first-order chi connectivity index (χ1) is 7.29. The van der Waals surface area contributed by atoms with Crippen molar-refractivity contribution in [3.63, 3.8) is 0 Å². The molecule has 0 amide bonds. The standard InChI is InChI=1S/C10H16N4O/c1-15-10-5-9(12-7-13-10)14-4-2-3-8(11)6-14/h5,7-8H,2-4,6,11H2,1H3/t8-/m1/s1. The first kappa shape index (κ1) is 10.2. The van der Waals surface area contributed by atoms with Gasteiger partial charge < -0.3 is 15.4 Å². The molecule has 0 spiro atoms. The first-order valence-corrected chi connectivity index (χ1v) is 5.16. The number of nitrogens with zero attached hydrogens (tertiary/aromatic N) is 3. The lowest BCUT2D eigenvalue weighted by molar-refractivity contribution is 0.396. The maximum Gasteiger partial charge on any atom is 0.218 e. The van der Waals surface area contributed by atoms with Crippen molar-refractivity contribution < 1.29 is 4.74 Å². The molecule has 1 saturated heterocycles. The SMILES string of the molecule is COc1cc(N2CCC[C@@H](N)C2)ncn1. The highest BCUT2D eigenvalue weighted by Gasteiger charge is 2.18. The largest absolute Gasteiger partial charge is 0.481 e. The van der Waals surface area contributed by atoms with E-state index >= 15 is 0 Å². The Morgan fingerprint density at radius 2 is 2.40 bits per heavy atom. The van der Waals surface area contributed by atoms with Gasteiger partial charge >= 0.3 is 0 Å². The maximum atomic E-state index is 5.92. The molecule has 1 aliphatic heterocycles. The van der Waals surface area contributed by atoms with Crippen molar-refractivity contribution in [1.29, 1.82) is 0 Å². The Bertz CT molecular complexity index is 331. The van der Waals surface area contributed by atoms with E-state index in [4.69, 9.17) is 10.5 Å². The fourth-order valence-corrected chi connectivity index (χ4v) is 1.83. The van der Waals surface area contributed by atoms with Crippen molar-refractivity contribution in [2.75, 3.05) is 25.1 Å². The second kappa shape index (κ2) is 4.44. The first-order valence-electron chi connectivity index (χ1n) is 5.16. The summed E-state index contributed by atoms with van der Waals surface area (Å²) in [5.41, 5.74) is 5.92. The molecule has 1 aromatic rings. The van der Waals surface area contributed by atoms with E-state index in [-0.39, 0.29) is 6.04 Å². The predicted molar refractivity (Wildman–Crippen MR) is 58.0 cm³/mol. The van der Waals surface area contributed by atoms with E-state index in [0.717, 1.165) is 31.7 Å². The summed E-state index contributed by atoms with van der Waals surface area (Å²) in [6, 6.07) is 2.10. The van der Waals surface area contributed by atoms with E-state index in [2.05, 4.69) is 14.9 Å². The third-order valence-electron chi connectivity index (χ3n) is 2.62. The van der Waals surface area contributed by atoms with Gasteiger partial charge in [0, 0.05) is 25.2 Å². The van der Waals surface area contributed by atoms with Gasteiger partial charge in [-0.1, -0.05) is 0 Å². The van der Waals surface area contributed by atoms with Crippen molar-refractivity contribution in [3.8, 4) is 5.88 Å². The summed E-state index contributed by atoms with van der Waals surface area (Å²) >= 11 is 0. The van der Waals surface area contributed by atoms with Crippen LogP contribution in [0.2, 0.25) is 0 Å². The molecule has 1 atom stereocenters. The van der Waals surface area contributed by atoms with Crippen molar-refractivity contribution >= 4 is 5.82 Å². The number of nitrogens with two attached hydrogens (primary N) is 1. The number of hydrogen-bond donors (Lipinski definition) is 1. The predicted octanol–water partition coefficient (Wildman–Crippen LogP) is 0.413.